The van der Waals surface area contributed by atoms with E-state index in [1.54, 1.807) is 10.7 Å². The minimum Gasteiger partial charge on any atom is -0.341 e. The van der Waals surface area contributed by atoms with Gasteiger partial charge in [-0.2, -0.15) is 5.10 Å². The number of likely N-dealkylation sites (tertiary alicyclic amines) is 1. The highest BCUT2D eigenvalue weighted by atomic mass is 16.2. The Labute approximate surface area is 141 Å². The average Bonchev–Trinajstić information content (AvgIpc) is 2.96. The molecule has 1 fully saturated rings. The Hall–Kier alpha value is -2.21. The first-order valence-corrected chi connectivity index (χ1v) is 8.36. The highest BCUT2D eigenvalue weighted by Crippen LogP contribution is 2.20. The second-order valence-electron chi connectivity index (χ2n) is 6.81. The summed E-state index contributed by atoms with van der Waals surface area (Å²) in [5, 5.41) is 4.83. The van der Waals surface area contributed by atoms with Crippen molar-refractivity contribution in [2.75, 3.05) is 27.2 Å². The number of para-hydroxylation sites is 1. The van der Waals surface area contributed by atoms with Crippen LogP contribution in [0.5, 0.6) is 0 Å². The van der Waals surface area contributed by atoms with Gasteiger partial charge in [-0.3, -0.25) is 14.3 Å². The third-order valence-electron chi connectivity index (χ3n) is 4.89. The van der Waals surface area contributed by atoms with Gasteiger partial charge >= 0.3 is 0 Å². The van der Waals surface area contributed by atoms with Crippen molar-refractivity contribution in [2.24, 2.45) is 5.92 Å². The van der Waals surface area contributed by atoms with Gasteiger partial charge < -0.3 is 9.80 Å². The molecule has 24 heavy (non-hydrogen) atoms. The summed E-state index contributed by atoms with van der Waals surface area (Å²) < 4.78 is 1.75. The fourth-order valence-corrected chi connectivity index (χ4v) is 3.52. The number of hydrogen-bond acceptors (Lipinski definition) is 4. The van der Waals surface area contributed by atoms with E-state index in [9.17, 15) is 9.59 Å². The second-order valence-corrected chi connectivity index (χ2v) is 6.81. The standard InChI is InChI=1S/C18H24N4O2/c1-13-11-21(12-16(13)20(2)3)18(24)8-9-22-15-7-5-4-6-14(15)17(23)10-19-22/h4-7,10,13,16H,8-9,11-12H2,1-3H3/t13-,16+/m1/s1. The van der Waals surface area contributed by atoms with Crippen molar-refractivity contribution in [3.8, 4) is 0 Å². The molecule has 1 aliphatic heterocycles. The van der Waals surface area contributed by atoms with Crippen molar-refractivity contribution in [2.45, 2.75) is 25.9 Å². The first-order chi connectivity index (χ1) is 11.5. The minimum atomic E-state index is -0.0876. The molecule has 0 unspecified atom stereocenters. The summed E-state index contributed by atoms with van der Waals surface area (Å²) >= 11 is 0. The van der Waals surface area contributed by atoms with Crippen molar-refractivity contribution in [3.05, 3.63) is 40.7 Å². The number of carbonyl (C=O) groups excluding carboxylic acids is 1. The molecule has 0 N–H and O–H groups in total. The van der Waals surface area contributed by atoms with Crippen LogP contribution in [0.2, 0.25) is 0 Å². The lowest BCUT2D eigenvalue weighted by Crippen LogP contribution is -2.36. The van der Waals surface area contributed by atoms with Crippen LogP contribution in [0.15, 0.2) is 35.3 Å². The Morgan fingerprint density at radius 3 is 2.75 bits per heavy atom. The molecular weight excluding hydrogens is 304 g/mol. The molecular formula is C18H24N4O2. The number of aryl methyl sites for hydroxylation is 1. The number of nitrogens with zero attached hydrogens (tertiary/aromatic N) is 4. The van der Waals surface area contributed by atoms with E-state index >= 15 is 0 Å². The topological polar surface area (TPSA) is 58.4 Å². The number of carbonyl (C=O) groups is 1. The molecule has 2 aromatic rings. The molecule has 0 aliphatic carbocycles. The molecule has 1 aromatic carbocycles. The van der Waals surface area contributed by atoms with E-state index in [0.29, 0.717) is 30.3 Å². The van der Waals surface area contributed by atoms with Gasteiger partial charge in [0.25, 0.3) is 0 Å². The summed E-state index contributed by atoms with van der Waals surface area (Å²) in [5.74, 6) is 0.631. The predicted octanol–water partition coefficient (Wildman–Crippen LogP) is 1.20. The van der Waals surface area contributed by atoms with Crippen LogP contribution in [0.4, 0.5) is 0 Å². The average molecular weight is 328 g/mol. The van der Waals surface area contributed by atoms with Gasteiger partial charge in [-0.1, -0.05) is 19.1 Å². The van der Waals surface area contributed by atoms with Gasteiger partial charge in [0.1, 0.15) is 0 Å². The van der Waals surface area contributed by atoms with E-state index < -0.39 is 0 Å². The lowest BCUT2D eigenvalue weighted by molar-refractivity contribution is -0.130. The maximum atomic E-state index is 12.5. The molecule has 1 amide bonds. The number of benzene rings is 1. The number of likely N-dealkylation sites (N-methyl/N-ethyl adjacent to an activating group) is 1. The molecule has 1 saturated heterocycles. The predicted molar refractivity (Wildman–Crippen MR) is 93.8 cm³/mol. The van der Waals surface area contributed by atoms with Gasteiger partial charge in [-0.15, -0.1) is 0 Å². The zero-order chi connectivity index (χ0) is 17.3. The Morgan fingerprint density at radius 1 is 1.29 bits per heavy atom. The maximum absolute atomic E-state index is 12.5. The van der Waals surface area contributed by atoms with Crippen LogP contribution >= 0.6 is 0 Å². The molecule has 2 heterocycles. The first kappa shape index (κ1) is 16.6. The summed E-state index contributed by atoms with van der Waals surface area (Å²) in [7, 11) is 4.12. The number of aromatic nitrogens is 2. The second kappa shape index (κ2) is 6.73. The fourth-order valence-electron chi connectivity index (χ4n) is 3.52. The van der Waals surface area contributed by atoms with Crippen LogP contribution < -0.4 is 5.43 Å². The van der Waals surface area contributed by atoms with Crippen LogP contribution in [-0.2, 0) is 11.3 Å². The van der Waals surface area contributed by atoms with E-state index in [0.717, 1.165) is 18.6 Å². The van der Waals surface area contributed by atoms with Crippen LogP contribution in [0.1, 0.15) is 13.3 Å². The van der Waals surface area contributed by atoms with Crippen molar-refractivity contribution >= 4 is 16.8 Å². The maximum Gasteiger partial charge on any atom is 0.224 e. The number of amides is 1. The van der Waals surface area contributed by atoms with Gasteiger partial charge in [0.05, 0.1) is 18.3 Å². The van der Waals surface area contributed by atoms with E-state index in [2.05, 4.69) is 31.0 Å². The Kier molecular flexibility index (Phi) is 4.66. The summed E-state index contributed by atoms with van der Waals surface area (Å²) in [4.78, 5) is 28.5. The highest BCUT2D eigenvalue weighted by molar-refractivity contribution is 5.79. The van der Waals surface area contributed by atoms with Gasteiger partial charge in [0, 0.05) is 30.9 Å². The Morgan fingerprint density at radius 2 is 2.04 bits per heavy atom. The summed E-state index contributed by atoms with van der Waals surface area (Å²) in [6, 6.07) is 7.80. The van der Waals surface area contributed by atoms with Gasteiger partial charge in [0.2, 0.25) is 11.3 Å². The molecule has 3 rings (SSSR count). The number of rotatable bonds is 4. The van der Waals surface area contributed by atoms with Crippen LogP contribution in [0, 0.1) is 5.92 Å². The largest absolute Gasteiger partial charge is 0.341 e. The van der Waals surface area contributed by atoms with Gasteiger partial charge in [-0.25, -0.2) is 0 Å². The molecule has 0 radical (unpaired) electrons. The van der Waals surface area contributed by atoms with E-state index in [-0.39, 0.29) is 11.3 Å². The van der Waals surface area contributed by atoms with Crippen molar-refractivity contribution < 1.29 is 4.79 Å². The molecule has 6 nitrogen and oxygen atoms in total. The van der Waals surface area contributed by atoms with Crippen molar-refractivity contribution in [1.29, 1.82) is 0 Å². The summed E-state index contributed by atoms with van der Waals surface area (Å²) in [5.41, 5.74) is 0.689. The number of hydrogen-bond donors (Lipinski definition) is 0. The quantitative estimate of drug-likeness (QED) is 0.846. The van der Waals surface area contributed by atoms with E-state index in [1.165, 1.54) is 6.20 Å². The Balaban J connectivity index is 1.70. The highest BCUT2D eigenvalue weighted by Gasteiger charge is 2.33. The SMILES string of the molecule is C[C@@H]1CN(C(=O)CCn2ncc(=O)c3ccccc32)C[C@@H]1N(C)C. The smallest absolute Gasteiger partial charge is 0.224 e. The third-order valence-corrected chi connectivity index (χ3v) is 4.89. The summed E-state index contributed by atoms with van der Waals surface area (Å²) in [6.07, 6.45) is 1.72. The molecule has 2 atom stereocenters. The first-order valence-electron chi connectivity index (χ1n) is 8.36. The van der Waals surface area contributed by atoms with Gasteiger partial charge in [-0.05, 0) is 32.1 Å². The monoisotopic (exact) mass is 328 g/mol. The lowest BCUT2D eigenvalue weighted by Gasteiger charge is -2.22. The van der Waals surface area contributed by atoms with Crippen molar-refractivity contribution in [1.82, 2.24) is 19.6 Å². The summed E-state index contributed by atoms with van der Waals surface area (Å²) in [6.45, 7) is 4.26. The van der Waals surface area contributed by atoms with Crippen molar-refractivity contribution in [3.63, 3.8) is 0 Å². The molecule has 0 saturated carbocycles. The minimum absolute atomic E-state index is 0.0876. The molecule has 128 valence electrons. The lowest BCUT2D eigenvalue weighted by atomic mass is 10.1. The molecule has 0 bridgehead atoms. The number of fused-ring (bicyclic) bond motifs is 1. The zero-order valence-corrected chi connectivity index (χ0v) is 14.5. The zero-order valence-electron chi connectivity index (χ0n) is 14.5. The van der Waals surface area contributed by atoms with Crippen LogP contribution in [0.25, 0.3) is 10.9 Å². The molecule has 0 spiro atoms. The van der Waals surface area contributed by atoms with Gasteiger partial charge in [0.15, 0.2) is 0 Å². The molecule has 1 aromatic heterocycles. The van der Waals surface area contributed by atoms with Crippen LogP contribution in [0.3, 0.4) is 0 Å². The fraction of sp³-hybridized carbons (Fsp3) is 0.500. The van der Waals surface area contributed by atoms with E-state index in [4.69, 9.17) is 0 Å². The molecule has 1 aliphatic rings. The normalized spacial score (nSPS) is 20.9. The van der Waals surface area contributed by atoms with E-state index in [1.807, 2.05) is 23.1 Å². The molecule has 6 heteroatoms. The third kappa shape index (κ3) is 3.19. The Bertz CT molecular complexity index is 799. The van der Waals surface area contributed by atoms with Crippen LogP contribution in [-0.4, -0.2) is 58.7 Å².